The van der Waals surface area contributed by atoms with Crippen LogP contribution < -0.4 is 0 Å². The molecule has 0 N–H and O–H groups in total. The van der Waals surface area contributed by atoms with Gasteiger partial charge in [-0.15, -0.1) is 0 Å². The molecular weight excluding hydrogens is 440 g/mol. The molecule has 0 heterocycles. The minimum atomic E-state index is -0.147. The van der Waals surface area contributed by atoms with Gasteiger partial charge in [0.05, 0.1) is 0 Å². The number of esters is 1. The summed E-state index contributed by atoms with van der Waals surface area (Å²) in [5.41, 5.74) is 2.48. The quantitative estimate of drug-likeness (QED) is 0.180. The Morgan fingerprint density at radius 2 is 1.78 bits per heavy atom. The van der Waals surface area contributed by atoms with Crippen molar-refractivity contribution in [2.45, 2.75) is 132 Å². The molecule has 0 spiro atoms. The van der Waals surface area contributed by atoms with Crippen molar-refractivity contribution in [1.29, 1.82) is 0 Å². The van der Waals surface area contributed by atoms with Gasteiger partial charge >= 0.3 is 5.97 Å². The van der Waals surface area contributed by atoms with Gasteiger partial charge in [-0.3, -0.25) is 0 Å². The van der Waals surface area contributed by atoms with Crippen LogP contribution in [-0.4, -0.2) is 12.1 Å². The van der Waals surface area contributed by atoms with E-state index in [4.69, 9.17) is 4.74 Å². The van der Waals surface area contributed by atoms with Crippen molar-refractivity contribution in [3.63, 3.8) is 0 Å². The molecule has 0 radical (unpaired) electrons. The second kappa shape index (κ2) is 11.4. The number of hydrogen-bond acceptors (Lipinski definition) is 2. The SMILES string of the molecule is CC(C)C/C=C/C(=O)O[C@H]1CC[C@@]2(C)C(=CC[C@H]3[C@@H]4CC[C@H]([C@@H](C)CCCC(C)C)[C@@]4(C)CC[C@@H]32)C1. The standard InChI is InChI=1S/C34H56O2/c1-23(2)10-8-12-25(5)29-16-17-30-28-15-14-26-22-27(36-32(35)13-9-11-24(3)4)18-20-33(26,6)31(28)19-21-34(29,30)7/h9,13-14,23-25,27-31H,8,10-12,15-22H2,1-7H3/b13-9+/t25-,27-,28-,29+,30-,31-,33-,34+/m0/s1. The molecule has 36 heavy (non-hydrogen) atoms. The van der Waals surface area contributed by atoms with Gasteiger partial charge in [-0.25, -0.2) is 4.79 Å². The molecule has 0 aromatic heterocycles. The topological polar surface area (TPSA) is 26.3 Å². The van der Waals surface area contributed by atoms with Crippen LogP contribution in [-0.2, 0) is 9.53 Å². The molecule has 0 unspecified atom stereocenters. The lowest BCUT2D eigenvalue weighted by atomic mass is 9.47. The fraction of sp³-hybridized carbons (Fsp3) is 0.853. The molecule has 0 saturated heterocycles. The van der Waals surface area contributed by atoms with Crippen molar-refractivity contribution in [2.24, 2.45) is 52.3 Å². The molecule has 0 aliphatic heterocycles. The lowest BCUT2D eigenvalue weighted by Crippen LogP contribution is -2.51. The third-order valence-electron chi connectivity index (χ3n) is 11.4. The summed E-state index contributed by atoms with van der Waals surface area (Å²) in [7, 11) is 0. The van der Waals surface area contributed by atoms with Gasteiger partial charge in [0.25, 0.3) is 0 Å². The molecule has 4 rings (SSSR count). The van der Waals surface area contributed by atoms with Crippen molar-refractivity contribution in [3.8, 4) is 0 Å². The summed E-state index contributed by atoms with van der Waals surface area (Å²) in [5, 5.41) is 0. The predicted molar refractivity (Wildman–Crippen MR) is 152 cm³/mol. The molecule has 0 aromatic carbocycles. The van der Waals surface area contributed by atoms with E-state index in [9.17, 15) is 4.79 Å². The molecule has 4 aliphatic rings. The predicted octanol–water partition coefficient (Wildman–Crippen LogP) is 9.54. The van der Waals surface area contributed by atoms with Crippen LogP contribution in [0.25, 0.3) is 0 Å². The van der Waals surface area contributed by atoms with E-state index in [0.29, 0.717) is 16.7 Å². The minimum absolute atomic E-state index is 0.0634. The summed E-state index contributed by atoms with van der Waals surface area (Å²) >= 11 is 0. The maximum atomic E-state index is 12.4. The zero-order chi connectivity index (χ0) is 26.1. The summed E-state index contributed by atoms with van der Waals surface area (Å²) in [4.78, 5) is 12.4. The monoisotopic (exact) mass is 496 g/mol. The summed E-state index contributed by atoms with van der Waals surface area (Å²) in [6.07, 6.45) is 21.6. The molecule has 0 aromatic rings. The van der Waals surface area contributed by atoms with Crippen molar-refractivity contribution < 1.29 is 9.53 Å². The number of carbonyl (C=O) groups excluding carboxylic acids is 1. The van der Waals surface area contributed by atoms with Crippen LogP contribution in [0.4, 0.5) is 0 Å². The van der Waals surface area contributed by atoms with Gasteiger partial charge in [-0.2, -0.15) is 0 Å². The lowest BCUT2D eigenvalue weighted by Gasteiger charge is -2.58. The molecule has 8 atom stereocenters. The molecule has 0 amide bonds. The molecular formula is C34H56O2. The second-order valence-electron chi connectivity index (χ2n) is 14.6. The van der Waals surface area contributed by atoms with E-state index in [1.807, 2.05) is 6.08 Å². The molecule has 0 bridgehead atoms. The van der Waals surface area contributed by atoms with E-state index in [1.54, 1.807) is 11.6 Å². The summed E-state index contributed by atoms with van der Waals surface area (Å²) < 4.78 is 5.91. The Hall–Kier alpha value is -1.05. The maximum Gasteiger partial charge on any atom is 0.330 e. The summed E-state index contributed by atoms with van der Waals surface area (Å²) in [6.45, 7) is 16.9. The number of carbonyl (C=O) groups is 1. The highest BCUT2D eigenvalue weighted by Gasteiger charge is 2.59. The summed E-state index contributed by atoms with van der Waals surface area (Å²) in [6, 6.07) is 0. The van der Waals surface area contributed by atoms with Crippen LogP contribution >= 0.6 is 0 Å². The van der Waals surface area contributed by atoms with Gasteiger partial charge in [0.1, 0.15) is 6.10 Å². The van der Waals surface area contributed by atoms with Crippen molar-refractivity contribution in [2.75, 3.05) is 0 Å². The van der Waals surface area contributed by atoms with Crippen LogP contribution in [0, 0.1) is 52.3 Å². The molecule has 4 aliphatic carbocycles. The molecule has 2 heteroatoms. The molecule has 204 valence electrons. The first-order valence-electron chi connectivity index (χ1n) is 15.6. The zero-order valence-corrected chi connectivity index (χ0v) is 24.7. The average molecular weight is 497 g/mol. The Morgan fingerprint density at radius 1 is 1.00 bits per heavy atom. The highest BCUT2D eigenvalue weighted by Crippen LogP contribution is 2.67. The van der Waals surface area contributed by atoms with Crippen molar-refractivity contribution >= 4 is 5.97 Å². The third kappa shape index (κ3) is 5.68. The summed E-state index contributed by atoms with van der Waals surface area (Å²) in [5.74, 6) is 5.66. The molecule has 2 nitrogen and oxygen atoms in total. The normalized spacial score (nSPS) is 39.0. The van der Waals surface area contributed by atoms with Gasteiger partial charge in [0, 0.05) is 12.5 Å². The highest BCUT2D eigenvalue weighted by molar-refractivity contribution is 5.82. The van der Waals surface area contributed by atoms with Gasteiger partial charge in [0.2, 0.25) is 0 Å². The zero-order valence-electron chi connectivity index (χ0n) is 24.7. The first kappa shape index (κ1) is 28.0. The van der Waals surface area contributed by atoms with Gasteiger partial charge < -0.3 is 4.74 Å². The first-order valence-corrected chi connectivity index (χ1v) is 15.6. The third-order valence-corrected chi connectivity index (χ3v) is 11.4. The number of allylic oxidation sites excluding steroid dienone is 2. The van der Waals surface area contributed by atoms with Crippen molar-refractivity contribution in [3.05, 3.63) is 23.8 Å². The number of ether oxygens (including phenoxy) is 1. The Kier molecular flexibility index (Phi) is 8.83. The van der Waals surface area contributed by atoms with Crippen LogP contribution in [0.5, 0.6) is 0 Å². The van der Waals surface area contributed by atoms with Crippen LogP contribution in [0.15, 0.2) is 23.8 Å². The fourth-order valence-electron chi connectivity index (χ4n) is 9.39. The van der Waals surface area contributed by atoms with Crippen LogP contribution in [0.2, 0.25) is 0 Å². The van der Waals surface area contributed by atoms with E-state index >= 15 is 0 Å². The van der Waals surface area contributed by atoms with Crippen LogP contribution in [0.1, 0.15) is 126 Å². The van der Waals surface area contributed by atoms with E-state index in [1.165, 1.54) is 57.8 Å². The molecule has 3 saturated carbocycles. The smallest absolute Gasteiger partial charge is 0.330 e. The second-order valence-corrected chi connectivity index (χ2v) is 14.6. The van der Waals surface area contributed by atoms with E-state index in [-0.39, 0.29) is 12.1 Å². The van der Waals surface area contributed by atoms with E-state index in [0.717, 1.165) is 54.8 Å². The van der Waals surface area contributed by atoms with Gasteiger partial charge in [-0.1, -0.05) is 85.5 Å². The fourth-order valence-corrected chi connectivity index (χ4v) is 9.39. The largest absolute Gasteiger partial charge is 0.459 e. The first-order chi connectivity index (χ1) is 17.0. The van der Waals surface area contributed by atoms with Crippen LogP contribution in [0.3, 0.4) is 0 Å². The number of hydrogen-bond donors (Lipinski definition) is 0. The van der Waals surface area contributed by atoms with E-state index < -0.39 is 0 Å². The average Bonchev–Trinajstić information content (AvgIpc) is 3.16. The number of fused-ring (bicyclic) bond motifs is 5. The maximum absolute atomic E-state index is 12.4. The van der Waals surface area contributed by atoms with Gasteiger partial charge in [-0.05, 0) is 104 Å². The molecule has 3 fully saturated rings. The highest BCUT2D eigenvalue weighted by atomic mass is 16.5. The Morgan fingerprint density at radius 3 is 2.50 bits per heavy atom. The number of rotatable bonds is 9. The minimum Gasteiger partial charge on any atom is -0.459 e. The Labute approximate surface area is 223 Å². The van der Waals surface area contributed by atoms with E-state index in [2.05, 4.69) is 54.5 Å². The van der Waals surface area contributed by atoms with Gasteiger partial charge in [0.15, 0.2) is 0 Å². The lowest BCUT2D eigenvalue weighted by molar-refractivity contribution is -0.145. The van der Waals surface area contributed by atoms with Crippen molar-refractivity contribution in [1.82, 2.24) is 0 Å². The Balaban J connectivity index is 1.39. The Bertz CT molecular complexity index is 821.